The van der Waals surface area contributed by atoms with Crippen LogP contribution in [-0.4, -0.2) is 54.3 Å². The third-order valence-corrected chi connectivity index (χ3v) is 4.65. The molecule has 0 unspecified atom stereocenters. The molecular weight excluding hydrogens is 335 g/mol. The van der Waals surface area contributed by atoms with E-state index in [1.165, 1.54) is 0 Å². The predicted octanol–water partition coefficient (Wildman–Crippen LogP) is 3.24. The minimum absolute atomic E-state index is 0.514. The molecular formula is C21H21BN4O. The molecule has 134 valence electrons. The number of benzene rings is 2. The van der Waals surface area contributed by atoms with Gasteiger partial charge in [0.15, 0.2) is 7.85 Å². The highest BCUT2D eigenvalue weighted by molar-refractivity contribution is 6.58. The number of aromatic nitrogens is 2. The van der Waals surface area contributed by atoms with Gasteiger partial charge in [0.2, 0.25) is 0 Å². The number of nitrogens with zero attached hydrogens (tertiary/aromatic N) is 4. The number of para-hydroxylation sites is 3. The Morgan fingerprint density at radius 3 is 2.56 bits per heavy atom. The molecule has 2 radical (unpaired) electrons. The molecule has 0 N–H and O–H groups in total. The van der Waals surface area contributed by atoms with Gasteiger partial charge >= 0.3 is 0 Å². The Kier molecular flexibility index (Phi) is 5.07. The Morgan fingerprint density at radius 1 is 1.07 bits per heavy atom. The molecule has 1 saturated heterocycles. The van der Waals surface area contributed by atoms with Gasteiger partial charge in [0.05, 0.1) is 24.2 Å². The zero-order valence-corrected chi connectivity index (χ0v) is 15.4. The van der Waals surface area contributed by atoms with E-state index in [0.717, 1.165) is 41.2 Å². The van der Waals surface area contributed by atoms with Gasteiger partial charge in [-0.15, -0.1) is 0 Å². The quantitative estimate of drug-likeness (QED) is 0.411. The van der Waals surface area contributed by atoms with E-state index >= 15 is 0 Å². The Balaban J connectivity index is 1.74. The highest BCUT2D eigenvalue weighted by atomic mass is 16.5. The van der Waals surface area contributed by atoms with Crippen molar-refractivity contribution in [2.45, 2.75) is 6.92 Å². The number of hydrogen-bond donors (Lipinski definition) is 0. The first-order chi connectivity index (χ1) is 13.2. The Bertz CT molecular complexity index is 988. The van der Waals surface area contributed by atoms with Gasteiger partial charge in [0.1, 0.15) is 5.82 Å². The molecule has 0 bridgehead atoms. The number of allylic oxidation sites excluding steroid dienone is 1. The van der Waals surface area contributed by atoms with Crippen LogP contribution in [0.25, 0.3) is 22.3 Å². The van der Waals surface area contributed by atoms with Gasteiger partial charge in [-0.3, -0.25) is 9.56 Å². The van der Waals surface area contributed by atoms with Gasteiger partial charge in [-0.25, -0.2) is 4.98 Å². The molecule has 0 aliphatic carbocycles. The minimum Gasteiger partial charge on any atom is -0.378 e. The van der Waals surface area contributed by atoms with E-state index in [2.05, 4.69) is 27.8 Å². The molecule has 6 heteroatoms. The maximum absolute atomic E-state index is 6.15. The molecule has 2 aromatic carbocycles. The van der Waals surface area contributed by atoms with Crippen molar-refractivity contribution in [2.24, 2.45) is 4.99 Å². The molecule has 0 atom stereocenters. The van der Waals surface area contributed by atoms with Crippen LogP contribution in [0.5, 0.6) is 0 Å². The number of imidazole rings is 1. The van der Waals surface area contributed by atoms with E-state index in [0.29, 0.717) is 18.9 Å². The third kappa shape index (κ3) is 3.66. The number of amidine groups is 1. The van der Waals surface area contributed by atoms with Gasteiger partial charge in [-0.05, 0) is 31.2 Å². The highest BCUT2D eigenvalue weighted by Gasteiger charge is 2.14. The van der Waals surface area contributed by atoms with Gasteiger partial charge in [0.25, 0.3) is 0 Å². The van der Waals surface area contributed by atoms with Crippen molar-refractivity contribution in [1.82, 2.24) is 14.5 Å². The summed E-state index contributed by atoms with van der Waals surface area (Å²) < 4.78 is 7.52. The van der Waals surface area contributed by atoms with Crippen molar-refractivity contribution in [1.29, 1.82) is 0 Å². The Morgan fingerprint density at radius 2 is 1.78 bits per heavy atom. The largest absolute Gasteiger partial charge is 0.378 e. The molecule has 3 aromatic rings. The molecule has 1 aromatic heterocycles. The number of aliphatic imine (C=N–C) groups is 1. The fraction of sp³-hybridized carbons (Fsp3) is 0.238. The lowest BCUT2D eigenvalue weighted by Crippen LogP contribution is -2.40. The van der Waals surface area contributed by atoms with E-state index in [-0.39, 0.29) is 0 Å². The summed E-state index contributed by atoms with van der Waals surface area (Å²) >= 11 is 0. The van der Waals surface area contributed by atoms with Crippen LogP contribution in [0.1, 0.15) is 12.7 Å². The zero-order valence-electron chi connectivity index (χ0n) is 15.4. The van der Waals surface area contributed by atoms with Crippen LogP contribution in [0.2, 0.25) is 0 Å². The first kappa shape index (κ1) is 17.6. The smallest absolute Gasteiger partial charge is 0.167 e. The Hall–Kier alpha value is -2.86. The van der Waals surface area contributed by atoms with E-state index in [1.807, 2.05) is 48.2 Å². The maximum atomic E-state index is 6.15. The zero-order chi connectivity index (χ0) is 18.6. The monoisotopic (exact) mass is 356 g/mol. The molecule has 1 aliphatic rings. The molecule has 5 nitrogen and oxygen atoms in total. The van der Waals surface area contributed by atoms with Crippen LogP contribution in [0.4, 0.5) is 0 Å². The molecule has 1 aliphatic heterocycles. The first-order valence-corrected chi connectivity index (χ1v) is 9.10. The number of fused-ring (bicyclic) bond motifs is 1. The van der Waals surface area contributed by atoms with Crippen molar-refractivity contribution in [3.05, 3.63) is 66.6 Å². The maximum Gasteiger partial charge on any atom is 0.167 e. The van der Waals surface area contributed by atoms with E-state index in [4.69, 9.17) is 17.6 Å². The second kappa shape index (κ2) is 7.80. The standard InChI is InChI=1S/C21H21BN4O/c1-16(15-23-21(22)25-11-13-27-14-12-25)20-24-18-9-5-6-10-19(18)26(20)17-7-3-2-4-8-17/h2-10,15H,11-14H2,1H3/b16-15+,23-21?. The summed E-state index contributed by atoms with van der Waals surface area (Å²) in [5.74, 6) is 0.862. The number of morpholine rings is 1. The normalized spacial score (nSPS) is 16.1. The lowest BCUT2D eigenvalue weighted by molar-refractivity contribution is 0.0692. The molecule has 0 spiro atoms. The highest BCUT2D eigenvalue weighted by Crippen LogP contribution is 2.25. The fourth-order valence-corrected chi connectivity index (χ4v) is 3.22. The molecule has 27 heavy (non-hydrogen) atoms. The van der Waals surface area contributed by atoms with Crippen LogP contribution in [0, 0.1) is 0 Å². The minimum atomic E-state index is 0.514. The molecule has 2 heterocycles. The summed E-state index contributed by atoms with van der Waals surface area (Å²) in [6.07, 6.45) is 1.80. The van der Waals surface area contributed by atoms with Crippen molar-refractivity contribution in [3.8, 4) is 5.69 Å². The molecule has 0 amide bonds. The lowest BCUT2D eigenvalue weighted by atomic mass is 10.1. The van der Waals surface area contributed by atoms with Crippen LogP contribution < -0.4 is 0 Å². The summed E-state index contributed by atoms with van der Waals surface area (Å²) in [5, 5.41) is 0. The second-order valence-electron chi connectivity index (χ2n) is 6.49. The second-order valence-corrected chi connectivity index (χ2v) is 6.49. The lowest BCUT2D eigenvalue weighted by Gasteiger charge is -2.28. The summed E-state index contributed by atoms with van der Waals surface area (Å²) in [6, 6.07) is 18.4. The van der Waals surface area contributed by atoms with Crippen molar-refractivity contribution in [3.63, 3.8) is 0 Å². The Labute approximate surface area is 160 Å². The van der Waals surface area contributed by atoms with Crippen molar-refractivity contribution in [2.75, 3.05) is 26.3 Å². The average Bonchev–Trinajstić information content (AvgIpc) is 3.12. The summed E-state index contributed by atoms with van der Waals surface area (Å²) in [4.78, 5) is 11.3. The SMILES string of the molecule is [B]C(=N/C=C(\C)c1nc2ccccc2n1-c1ccccc1)N1CCOCC1. The van der Waals surface area contributed by atoms with Gasteiger partial charge in [-0.2, -0.15) is 0 Å². The van der Waals surface area contributed by atoms with Crippen LogP contribution in [-0.2, 0) is 4.74 Å². The molecule has 1 fully saturated rings. The third-order valence-electron chi connectivity index (χ3n) is 4.65. The first-order valence-electron chi connectivity index (χ1n) is 9.10. The average molecular weight is 356 g/mol. The van der Waals surface area contributed by atoms with Gasteiger partial charge in [0, 0.05) is 36.3 Å². The summed E-state index contributed by atoms with van der Waals surface area (Å²) in [7, 11) is 6.15. The van der Waals surface area contributed by atoms with Crippen LogP contribution in [0.3, 0.4) is 0 Å². The van der Waals surface area contributed by atoms with Crippen LogP contribution in [0.15, 0.2) is 65.8 Å². The number of rotatable bonds is 3. The topological polar surface area (TPSA) is 42.7 Å². The van der Waals surface area contributed by atoms with Crippen molar-refractivity contribution < 1.29 is 4.74 Å². The summed E-state index contributed by atoms with van der Waals surface area (Å²) in [6.45, 7) is 4.91. The molecule has 0 saturated carbocycles. The van der Waals surface area contributed by atoms with E-state index in [9.17, 15) is 0 Å². The van der Waals surface area contributed by atoms with Crippen molar-refractivity contribution >= 4 is 30.2 Å². The van der Waals surface area contributed by atoms with E-state index < -0.39 is 0 Å². The number of ether oxygens (including phenoxy) is 1. The molecule has 4 rings (SSSR count). The summed E-state index contributed by atoms with van der Waals surface area (Å²) in [5.41, 5.74) is 4.55. The van der Waals surface area contributed by atoms with Crippen LogP contribution >= 0.6 is 0 Å². The predicted molar refractivity (Wildman–Crippen MR) is 110 cm³/mol. The van der Waals surface area contributed by atoms with Gasteiger partial charge < -0.3 is 9.64 Å². The van der Waals surface area contributed by atoms with Gasteiger partial charge in [-0.1, -0.05) is 30.3 Å². The number of hydrogen-bond acceptors (Lipinski definition) is 3. The fourth-order valence-electron chi connectivity index (χ4n) is 3.22. The van der Waals surface area contributed by atoms with E-state index in [1.54, 1.807) is 6.20 Å².